The molecule has 12 nitrogen and oxygen atoms in total. The molecule has 1 fully saturated rings. The van der Waals surface area contributed by atoms with Gasteiger partial charge in [0.15, 0.2) is 0 Å². The minimum absolute atomic E-state index is 0.00702. The molecule has 0 aliphatic carbocycles. The van der Waals surface area contributed by atoms with E-state index in [9.17, 15) is 33.0 Å². The third kappa shape index (κ3) is 8.16. The molecule has 0 unspecified atom stereocenters. The number of aliphatic carboxylic acids is 1. The Bertz CT molecular complexity index is 770. The number of carbonyl (C=O) groups is 2. The summed E-state index contributed by atoms with van der Waals surface area (Å²) in [6.45, 7) is -1.21. The fraction of sp³-hybridized carbons (Fsp3) is 0.647. The summed E-state index contributed by atoms with van der Waals surface area (Å²) in [5.41, 5.74) is -1.17. The van der Waals surface area contributed by atoms with Crippen LogP contribution in [0.2, 0.25) is 0 Å². The summed E-state index contributed by atoms with van der Waals surface area (Å²) >= 11 is 0. The van der Waals surface area contributed by atoms with Gasteiger partial charge in [-0.2, -0.15) is 13.2 Å². The van der Waals surface area contributed by atoms with Gasteiger partial charge >= 0.3 is 12.1 Å². The third-order valence-electron chi connectivity index (χ3n) is 4.22. The minimum atomic E-state index is -4.67. The second-order valence-corrected chi connectivity index (χ2v) is 6.67. The highest BCUT2D eigenvalue weighted by Gasteiger charge is 2.39. The highest BCUT2D eigenvalue weighted by Crippen LogP contribution is 2.28. The van der Waals surface area contributed by atoms with Gasteiger partial charge in [0.25, 0.3) is 0 Å². The number of nitrogens with zero attached hydrogens (tertiary/aromatic N) is 2. The van der Waals surface area contributed by atoms with Crippen molar-refractivity contribution in [1.29, 1.82) is 0 Å². The first-order valence-corrected chi connectivity index (χ1v) is 9.36. The van der Waals surface area contributed by atoms with Gasteiger partial charge in [-0.25, -0.2) is 14.8 Å². The van der Waals surface area contributed by atoms with Crippen molar-refractivity contribution in [3.63, 3.8) is 0 Å². The van der Waals surface area contributed by atoms with Crippen LogP contribution in [0.3, 0.4) is 0 Å². The SMILES string of the molecule is O=C(O)COCCOCC(=O)NC[C@H]1OC[C@H](Nc2nccc(C(F)(F)F)n2)[C@@H](O)[C@H]1O. The molecule has 4 atom stereocenters. The largest absolute Gasteiger partial charge is 0.480 e. The number of carboxylic acids is 1. The molecule has 0 spiro atoms. The lowest BCUT2D eigenvalue weighted by Gasteiger charge is -2.38. The number of aromatic nitrogens is 2. The summed E-state index contributed by atoms with van der Waals surface area (Å²) in [7, 11) is 0. The molecule has 5 N–H and O–H groups in total. The number of hydrogen-bond donors (Lipinski definition) is 5. The van der Waals surface area contributed by atoms with Crippen molar-refractivity contribution in [2.45, 2.75) is 30.5 Å². The normalized spacial score (nSPS) is 23.5. The first-order chi connectivity index (χ1) is 15.1. The van der Waals surface area contributed by atoms with Gasteiger partial charge in [0.1, 0.15) is 37.2 Å². The number of ether oxygens (including phenoxy) is 3. The standard InChI is InChI=1S/C17H23F3N4O8/c18-17(19,20)11-1-2-21-16(24-11)23-9-6-32-10(15(29)14(9)28)5-22-12(25)7-30-3-4-31-8-13(26)27/h1-2,9-10,14-15,28-29H,3-8H2,(H,22,25)(H,26,27)(H,21,23,24)/t9-,10+,14+,15-/m0/s1. The maximum atomic E-state index is 12.7. The molecule has 0 radical (unpaired) electrons. The molecule has 0 bridgehead atoms. The predicted octanol–water partition coefficient (Wildman–Crippen LogP) is -1.37. The lowest BCUT2D eigenvalue weighted by Crippen LogP contribution is -2.58. The van der Waals surface area contributed by atoms with Gasteiger partial charge in [0.2, 0.25) is 11.9 Å². The van der Waals surface area contributed by atoms with Crippen LogP contribution in [0, 0.1) is 0 Å². The number of carboxylic acid groups (broad SMARTS) is 1. The van der Waals surface area contributed by atoms with E-state index in [1.54, 1.807) is 0 Å². The molecule has 1 saturated heterocycles. The summed E-state index contributed by atoms with van der Waals surface area (Å²) in [4.78, 5) is 29.0. The predicted molar refractivity (Wildman–Crippen MR) is 98.5 cm³/mol. The zero-order chi connectivity index (χ0) is 23.7. The Labute approximate surface area is 179 Å². The lowest BCUT2D eigenvalue weighted by atomic mass is 9.98. The molecule has 1 aliphatic heterocycles. The van der Waals surface area contributed by atoms with E-state index < -0.39 is 60.7 Å². The number of rotatable bonds is 11. The summed E-state index contributed by atoms with van der Waals surface area (Å²) < 4.78 is 53.3. The van der Waals surface area contributed by atoms with Crippen LogP contribution in [0.25, 0.3) is 0 Å². The van der Waals surface area contributed by atoms with E-state index in [2.05, 4.69) is 20.6 Å². The Balaban J connectivity index is 1.74. The topological polar surface area (TPSA) is 172 Å². The molecule has 180 valence electrons. The van der Waals surface area contributed by atoms with E-state index in [-0.39, 0.29) is 33.0 Å². The van der Waals surface area contributed by atoms with Crippen molar-refractivity contribution in [2.24, 2.45) is 0 Å². The van der Waals surface area contributed by atoms with Crippen molar-refractivity contribution >= 4 is 17.8 Å². The van der Waals surface area contributed by atoms with Gasteiger partial charge in [0, 0.05) is 12.7 Å². The summed E-state index contributed by atoms with van der Waals surface area (Å²) in [6, 6.07) is -0.297. The van der Waals surface area contributed by atoms with Crippen LogP contribution >= 0.6 is 0 Å². The van der Waals surface area contributed by atoms with E-state index in [0.29, 0.717) is 6.07 Å². The maximum absolute atomic E-state index is 12.7. The van der Waals surface area contributed by atoms with E-state index >= 15 is 0 Å². The van der Waals surface area contributed by atoms with E-state index in [0.717, 1.165) is 6.20 Å². The first kappa shape index (κ1) is 25.7. The van der Waals surface area contributed by atoms with Gasteiger partial charge in [0.05, 0.1) is 25.9 Å². The molecular weight excluding hydrogens is 445 g/mol. The van der Waals surface area contributed by atoms with Crippen LogP contribution in [0.4, 0.5) is 19.1 Å². The van der Waals surface area contributed by atoms with Gasteiger partial charge in [-0.3, -0.25) is 4.79 Å². The number of nitrogens with one attached hydrogen (secondary N) is 2. The van der Waals surface area contributed by atoms with Crippen LogP contribution in [0.15, 0.2) is 12.3 Å². The Kier molecular flexibility index (Phi) is 9.52. The lowest BCUT2D eigenvalue weighted by molar-refractivity contribution is -0.145. The number of hydrogen-bond acceptors (Lipinski definition) is 10. The Morgan fingerprint density at radius 2 is 1.88 bits per heavy atom. The van der Waals surface area contributed by atoms with Crippen molar-refractivity contribution < 1.29 is 52.3 Å². The molecule has 1 amide bonds. The van der Waals surface area contributed by atoms with Crippen LogP contribution in [-0.2, 0) is 30.0 Å². The molecule has 2 heterocycles. The van der Waals surface area contributed by atoms with E-state index in [1.807, 2.05) is 0 Å². The van der Waals surface area contributed by atoms with Crippen LogP contribution < -0.4 is 10.6 Å². The van der Waals surface area contributed by atoms with E-state index in [1.165, 1.54) is 0 Å². The van der Waals surface area contributed by atoms with Gasteiger partial charge in [-0.15, -0.1) is 0 Å². The number of alkyl halides is 3. The Morgan fingerprint density at radius 3 is 2.53 bits per heavy atom. The quantitative estimate of drug-likeness (QED) is 0.243. The highest BCUT2D eigenvalue weighted by atomic mass is 19.4. The van der Waals surface area contributed by atoms with Gasteiger partial charge < -0.3 is 40.2 Å². The molecule has 1 aromatic heterocycles. The molecule has 0 saturated carbocycles. The average molecular weight is 468 g/mol. The van der Waals surface area contributed by atoms with Crippen LogP contribution in [0.1, 0.15) is 5.69 Å². The Morgan fingerprint density at radius 1 is 1.19 bits per heavy atom. The fourth-order valence-corrected chi connectivity index (χ4v) is 2.65. The summed E-state index contributed by atoms with van der Waals surface area (Å²) in [5.74, 6) is -2.07. The first-order valence-electron chi connectivity index (χ1n) is 9.36. The van der Waals surface area contributed by atoms with Crippen molar-refractivity contribution in [2.75, 3.05) is 44.9 Å². The summed E-state index contributed by atoms with van der Waals surface area (Å²) in [5, 5.41) is 33.8. The zero-order valence-corrected chi connectivity index (χ0v) is 16.6. The molecule has 1 aliphatic rings. The molecule has 0 aromatic carbocycles. The van der Waals surface area contributed by atoms with Crippen LogP contribution in [0.5, 0.6) is 0 Å². The maximum Gasteiger partial charge on any atom is 0.433 e. The number of aliphatic hydroxyl groups excluding tert-OH is 2. The smallest absolute Gasteiger partial charge is 0.433 e. The number of carbonyl (C=O) groups excluding carboxylic acids is 1. The minimum Gasteiger partial charge on any atom is -0.480 e. The second kappa shape index (κ2) is 11.9. The summed E-state index contributed by atoms with van der Waals surface area (Å²) in [6.07, 6.45) is -7.64. The molecule has 2 rings (SSSR count). The van der Waals surface area contributed by atoms with Crippen molar-refractivity contribution in [1.82, 2.24) is 15.3 Å². The number of anilines is 1. The van der Waals surface area contributed by atoms with Crippen molar-refractivity contribution in [3.05, 3.63) is 18.0 Å². The molecule has 1 aromatic rings. The monoisotopic (exact) mass is 468 g/mol. The highest BCUT2D eigenvalue weighted by molar-refractivity contribution is 5.77. The molecular formula is C17H23F3N4O8. The molecule has 15 heteroatoms. The average Bonchev–Trinajstić information content (AvgIpc) is 2.73. The third-order valence-corrected chi connectivity index (χ3v) is 4.22. The zero-order valence-electron chi connectivity index (χ0n) is 16.6. The number of halogens is 3. The molecule has 32 heavy (non-hydrogen) atoms. The van der Waals surface area contributed by atoms with Crippen molar-refractivity contribution in [3.8, 4) is 0 Å². The van der Waals surface area contributed by atoms with E-state index in [4.69, 9.17) is 19.3 Å². The fourth-order valence-electron chi connectivity index (χ4n) is 2.65. The van der Waals surface area contributed by atoms with Crippen LogP contribution in [-0.4, -0.2) is 101 Å². The Hall–Kier alpha value is -2.59. The van der Waals surface area contributed by atoms with Gasteiger partial charge in [-0.1, -0.05) is 0 Å². The van der Waals surface area contributed by atoms with Gasteiger partial charge in [-0.05, 0) is 6.07 Å². The number of amides is 1. The number of aliphatic hydroxyl groups is 2. The second-order valence-electron chi connectivity index (χ2n) is 6.67.